The van der Waals surface area contributed by atoms with Crippen molar-refractivity contribution in [2.75, 3.05) is 7.05 Å². The van der Waals surface area contributed by atoms with Crippen molar-refractivity contribution >= 4 is 0 Å². The Kier molecular flexibility index (Phi) is 4.04. The number of benzene rings is 1. The molecule has 0 saturated carbocycles. The third-order valence-corrected chi connectivity index (χ3v) is 3.32. The van der Waals surface area contributed by atoms with Crippen molar-refractivity contribution in [1.29, 1.82) is 0 Å². The lowest BCUT2D eigenvalue weighted by molar-refractivity contribution is 0.456. The van der Waals surface area contributed by atoms with Crippen LogP contribution in [-0.4, -0.2) is 33.3 Å². The minimum Gasteiger partial charge on any atom is -0.317 e. The molecule has 2 aromatic rings. The minimum atomic E-state index is 0.296. The first-order valence-electron chi connectivity index (χ1n) is 6.28. The number of nitrogens with one attached hydrogen (secondary N) is 1. The Balaban J connectivity index is 2.38. The van der Waals surface area contributed by atoms with Crippen LogP contribution in [0.25, 0.3) is 5.69 Å². The summed E-state index contributed by atoms with van der Waals surface area (Å²) < 4.78 is 1.82. The molecule has 1 aromatic heterocycles. The van der Waals surface area contributed by atoms with E-state index in [1.807, 2.05) is 42.1 Å². The zero-order chi connectivity index (χ0) is 13.0. The summed E-state index contributed by atoms with van der Waals surface area (Å²) in [6.45, 7) is 4.31. The standard InChI is InChI=1S/C13H19N5/c1-4-12(10(2)14-3)13-15-16-17-18(13)11-8-6-5-7-9-11/h5-10,12,14H,4H2,1-3H3. The predicted molar refractivity (Wildman–Crippen MR) is 70.7 cm³/mol. The van der Waals surface area contributed by atoms with Gasteiger partial charge < -0.3 is 5.32 Å². The first-order valence-corrected chi connectivity index (χ1v) is 6.28. The summed E-state index contributed by atoms with van der Waals surface area (Å²) in [5.74, 6) is 1.20. The van der Waals surface area contributed by atoms with Crippen LogP contribution in [0.3, 0.4) is 0 Å². The molecule has 5 nitrogen and oxygen atoms in total. The SMILES string of the molecule is CCC(c1nnnn1-c1ccccc1)C(C)NC. The maximum absolute atomic E-state index is 4.19. The zero-order valence-corrected chi connectivity index (χ0v) is 11.0. The number of para-hydroxylation sites is 1. The van der Waals surface area contributed by atoms with Gasteiger partial charge in [-0.3, -0.25) is 0 Å². The monoisotopic (exact) mass is 245 g/mol. The van der Waals surface area contributed by atoms with E-state index >= 15 is 0 Å². The van der Waals surface area contributed by atoms with Gasteiger partial charge in [-0.05, 0) is 43.0 Å². The molecule has 18 heavy (non-hydrogen) atoms. The molecule has 0 aliphatic carbocycles. The van der Waals surface area contributed by atoms with E-state index in [0.717, 1.165) is 17.9 Å². The fraction of sp³-hybridized carbons (Fsp3) is 0.462. The van der Waals surface area contributed by atoms with Gasteiger partial charge in [-0.2, -0.15) is 4.68 Å². The predicted octanol–water partition coefficient (Wildman–Crippen LogP) is 1.76. The van der Waals surface area contributed by atoms with Crippen molar-refractivity contribution < 1.29 is 0 Å². The van der Waals surface area contributed by atoms with E-state index in [4.69, 9.17) is 0 Å². The van der Waals surface area contributed by atoms with E-state index in [-0.39, 0.29) is 0 Å². The number of rotatable bonds is 5. The Hall–Kier alpha value is -1.75. The van der Waals surface area contributed by atoms with E-state index in [2.05, 4.69) is 34.7 Å². The van der Waals surface area contributed by atoms with Crippen molar-refractivity contribution in [3.8, 4) is 5.69 Å². The lowest BCUT2D eigenvalue weighted by Crippen LogP contribution is -2.30. The van der Waals surface area contributed by atoms with Gasteiger partial charge in [0.05, 0.1) is 5.69 Å². The molecule has 0 radical (unpaired) electrons. The highest BCUT2D eigenvalue weighted by molar-refractivity contribution is 5.31. The second-order valence-corrected chi connectivity index (χ2v) is 4.38. The summed E-state index contributed by atoms with van der Waals surface area (Å²) in [6.07, 6.45) is 0.995. The van der Waals surface area contributed by atoms with Gasteiger partial charge in [-0.25, -0.2) is 0 Å². The molecular weight excluding hydrogens is 226 g/mol. The maximum atomic E-state index is 4.19. The third-order valence-electron chi connectivity index (χ3n) is 3.32. The molecule has 0 saturated heterocycles. The van der Waals surface area contributed by atoms with E-state index in [1.165, 1.54) is 0 Å². The average molecular weight is 245 g/mol. The average Bonchev–Trinajstić information content (AvgIpc) is 2.89. The van der Waals surface area contributed by atoms with Gasteiger partial charge >= 0.3 is 0 Å². The molecule has 1 N–H and O–H groups in total. The first kappa shape index (κ1) is 12.7. The molecule has 2 unspecified atom stereocenters. The van der Waals surface area contributed by atoms with Crippen molar-refractivity contribution in [2.45, 2.75) is 32.2 Å². The van der Waals surface area contributed by atoms with Gasteiger partial charge in [-0.15, -0.1) is 5.10 Å². The van der Waals surface area contributed by atoms with E-state index in [0.29, 0.717) is 12.0 Å². The van der Waals surface area contributed by atoms with Crippen LogP contribution in [0.2, 0.25) is 0 Å². The van der Waals surface area contributed by atoms with Crippen LogP contribution in [0.1, 0.15) is 32.0 Å². The number of hydrogen-bond donors (Lipinski definition) is 1. The molecule has 0 aliphatic heterocycles. The molecule has 0 amide bonds. The second-order valence-electron chi connectivity index (χ2n) is 4.38. The van der Waals surface area contributed by atoms with Crippen LogP contribution in [-0.2, 0) is 0 Å². The normalized spacial score (nSPS) is 14.4. The van der Waals surface area contributed by atoms with Crippen molar-refractivity contribution in [2.24, 2.45) is 0 Å². The molecule has 2 rings (SSSR count). The third kappa shape index (κ3) is 2.41. The Bertz CT molecular complexity index is 479. The zero-order valence-electron chi connectivity index (χ0n) is 11.0. The number of aromatic nitrogens is 4. The number of nitrogens with zero attached hydrogens (tertiary/aromatic N) is 4. The summed E-state index contributed by atoms with van der Waals surface area (Å²) in [4.78, 5) is 0. The quantitative estimate of drug-likeness (QED) is 0.872. The van der Waals surface area contributed by atoms with Crippen molar-refractivity contribution in [1.82, 2.24) is 25.5 Å². The first-order chi connectivity index (χ1) is 8.77. The minimum absolute atomic E-state index is 0.296. The van der Waals surface area contributed by atoms with Crippen molar-refractivity contribution in [3.05, 3.63) is 36.2 Å². The summed E-state index contributed by atoms with van der Waals surface area (Å²) in [5, 5.41) is 15.4. The summed E-state index contributed by atoms with van der Waals surface area (Å²) in [5.41, 5.74) is 0.999. The van der Waals surface area contributed by atoms with E-state index in [1.54, 1.807) is 0 Å². The van der Waals surface area contributed by atoms with E-state index in [9.17, 15) is 0 Å². The molecular formula is C13H19N5. The number of hydrogen-bond acceptors (Lipinski definition) is 4. The van der Waals surface area contributed by atoms with E-state index < -0.39 is 0 Å². The molecule has 2 atom stereocenters. The fourth-order valence-corrected chi connectivity index (χ4v) is 2.14. The number of likely N-dealkylation sites (N-methyl/N-ethyl adjacent to an activating group) is 1. The van der Waals surface area contributed by atoms with Crippen LogP contribution in [0.5, 0.6) is 0 Å². The molecule has 0 aliphatic rings. The molecule has 0 bridgehead atoms. The van der Waals surface area contributed by atoms with Gasteiger partial charge in [-0.1, -0.05) is 25.1 Å². The molecule has 1 aromatic carbocycles. The molecule has 1 heterocycles. The molecule has 0 spiro atoms. The van der Waals surface area contributed by atoms with Crippen LogP contribution >= 0.6 is 0 Å². The van der Waals surface area contributed by atoms with Crippen molar-refractivity contribution in [3.63, 3.8) is 0 Å². The Morgan fingerprint density at radius 2 is 2.00 bits per heavy atom. The van der Waals surface area contributed by atoms with Gasteiger partial charge in [0, 0.05) is 12.0 Å². The smallest absolute Gasteiger partial charge is 0.161 e. The molecule has 96 valence electrons. The van der Waals surface area contributed by atoms with Crippen LogP contribution in [0, 0.1) is 0 Å². The second kappa shape index (κ2) is 5.73. The number of tetrazole rings is 1. The molecule has 5 heteroatoms. The van der Waals surface area contributed by atoms with Gasteiger partial charge in [0.1, 0.15) is 0 Å². The Morgan fingerprint density at radius 3 is 2.61 bits per heavy atom. The highest BCUT2D eigenvalue weighted by Crippen LogP contribution is 2.22. The highest BCUT2D eigenvalue weighted by Gasteiger charge is 2.23. The lowest BCUT2D eigenvalue weighted by Gasteiger charge is -2.21. The largest absolute Gasteiger partial charge is 0.317 e. The van der Waals surface area contributed by atoms with Crippen LogP contribution < -0.4 is 5.32 Å². The summed E-state index contributed by atoms with van der Waals surface area (Å²) in [7, 11) is 1.96. The highest BCUT2D eigenvalue weighted by atomic mass is 15.5. The van der Waals surface area contributed by atoms with Gasteiger partial charge in [0.15, 0.2) is 5.82 Å². The van der Waals surface area contributed by atoms with Crippen LogP contribution in [0.15, 0.2) is 30.3 Å². The van der Waals surface area contributed by atoms with Crippen LogP contribution in [0.4, 0.5) is 0 Å². The summed E-state index contributed by atoms with van der Waals surface area (Å²) in [6, 6.07) is 10.3. The van der Waals surface area contributed by atoms with Gasteiger partial charge in [0.2, 0.25) is 0 Å². The Labute approximate surface area is 107 Å². The lowest BCUT2D eigenvalue weighted by atomic mass is 9.97. The Morgan fingerprint density at radius 1 is 1.28 bits per heavy atom. The summed E-state index contributed by atoms with van der Waals surface area (Å²) >= 11 is 0. The maximum Gasteiger partial charge on any atom is 0.161 e. The fourth-order valence-electron chi connectivity index (χ4n) is 2.14. The van der Waals surface area contributed by atoms with Gasteiger partial charge in [0.25, 0.3) is 0 Å². The molecule has 0 fully saturated rings. The topological polar surface area (TPSA) is 55.6 Å².